The first kappa shape index (κ1) is 50.3. The first-order valence-electron chi connectivity index (χ1n) is 25.7. The Kier molecular flexibility index (Phi) is 15.4. The summed E-state index contributed by atoms with van der Waals surface area (Å²) in [6, 6.07) is 51.3. The third-order valence-electron chi connectivity index (χ3n) is 13.4. The predicted molar refractivity (Wildman–Crippen MR) is 305 cm³/mol. The van der Waals surface area contributed by atoms with Gasteiger partial charge >= 0.3 is 11.9 Å². The normalized spacial score (nSPS) is 11.5. The molecule has 11 nitrogen and oxygen atoms in total. The molecule has 0 saturated carbocycles. The second-order valence-corrected chi connectivity index (χ2v) is 18.5. The number of unbranched alkanes of at least 4 members (excludes halogenated alkanes) is 5. The van der Waals surface area contributed by atoms with Crippen LogP contribution in [0.2, 0.25) is 0 Å². The standard InChI is InChI=1S/C65H56N6O5/c1-5-6-7-8-9-18-37-76-63-58(68-54-23-16-17-24-55(54)71-63)36-35-57-56(69-61-39-49(43-19-12-10-13-20-43)50(40-62(61)70-57)44-21-14-11-15-22-44)34-33-53-42(2)66-59-38-51(45-25-29-47(30-26-45)64(72)74-3)52(41-60(59)67-53)46-27-31-48(32-28-46)65(73)75-4/h10-17,19-36,38-41H,5-9,18,37H2,1-4H3/b34-33+,36-35+. The Hall–Kier alpha value is -9.22. The minimum absolute atomic E-state index is 0.422. The Morgan fingerprint density at radius 2 is 0.789 bits per heavy atom. The zero-order valence-corrected chi connectivity index (χ0v) is 43.0. The van der Waals surface area contributed by atoms with Gasteiger partial charge in [0.1, 0.15) is 5.69 Å². The van der Waals surface area contributed by atoms with Gasteiger partial charge in [-0.25, -0.2) is 39.5 Å². The van der Waals surface area contributed by atoms with Crippen LogP contribution in [0.1, 0.15) is 94.6 Å². The summed E-state index contributed by atoms with van der Waals surface area (Å²) in [5, 5.41) is 0. The van der Waals surface area contributed by atoms with E-state index in [1.165, 1.54) is 39.9 Å². The molecule has 376 valence electrons. The molecule has 0 atom stereocenters. The van der Waals surface area contributed by atoms with E-state index in [1.54, 1.807) is 24.3 Å². The molecule has 0 fully saturated rings. The average molecular weight is 1000 g/mol. The molecule has 3 aromatic heterocycles. The molecule has 0 saturated heterocycles. The lowest BCUT2D eigenvalue weighted by Crippen LogP contribution is -2.03. The minimum Gasteiger partial charge on any atom is -0.476 e. The molecule has 10 rings (SSSR count). The molecule has 0 aliphatic carbocycles. The number of carbonyl (C=O) groups is 2. The zero-order valence-electron chi connectivity index (χ0n) is 43.0. The van der Waals surface area contributed by atoms with Crippen LogP contribution in [-0.4, -0.2) is 62.7 Å². The first-order valence-corrected chi connectivity index (χ1v) is 25.7. The molecule has 0 bridgehead atoms. The van der Waals surface area contributed by atoms with Gasteiger partial charge in [-0.1, -0.05) is 136 Å². The summed E-state index contributed by atoms with van der Waals surface area (Å²) in [5.74, 6) is -0.380. The van der Waals surface area contributed by atoms with E-state index in [0.717, 1.165) is 79.4 Å². The highest BCUT2D eigenvalue weighted by Crippen LogP contribution is 2.38. The lowest BCUT2D eigenvalue weighted by Gasteiger charge is -2.14. The molecule has 0 N–H and O–H groups in total. The number of esters is 2. The van der Waals surface area contributed by atoms with Gasteiger partial charge in [-0.15, -0.1) is 0 Å². The van der Waals surface area contributed by atoms with Crippen LogP contribution in [-0.2, 0) is 9.47 Å². The molecule has 11 heteroatoms. The average Bonchev–Trinajstić information content (AvgIpc) is 3.47. The van der Waals surface area contributed by atoms with Crippen LogP contribution in [0, 0.1) is 6.92 Å². The van der Waals surface area contributed by atoms with E-state index in [4.69, 9.17) is 44.1 Å². The minimum atomic E-state index is -0.426. The van der Waals surface area contributed by atoms with Gasteiger partial charge in [-0.3, -0.25) is 0 Å². The number of aromatic nitrogens is 6. The van der Waals surface area contributed by atoms with E-state index in [9.17, 15) is 9.59 Å². The van der Waals surface area contributed by atoms with E-state index in [1.807, 2.05) is 128 Å². The number of nitrogens with zero attached hydrogens (tertiary/aromatic N) is 6. The Balaban J connectivity index is 1.09. The molecule has 0 spiro atoms. The maximum absolute atomic E-state index is 12.4. The highest BCUT2D eigenvalue weighted by molar-refractivity contribution is 5.98. The molecular weight excluding hydrogens is 945 g/mol. The number of benzene rings is 7. The fourth-order valence-electron chi connectivity index (χ4n) is 9.32. The van der Waals surface area contributed by atoms with Crippen molar-refractivity contribution >= 4 is 69.3 Å². The van der Waals surface area contributed by atoms with Crippen LogP contribution < -0.4 is 4.74 Å². The lowest BCUT2D eigenvalue weighted by atomic mass is 9.92. The van der Waals surface area contributed by atoms with Crippen LogP contribution in [0.5, 0.6) is 5.88 Å². The maximum atomic E-state index is 12.4. The zero-order chi connectivity index (χ0) is 52.4. The summed E-state index contributed by atoms with van der Waals surface area (Å²) >= 11 is 0. The molecular formula is C65H56N6O5. The van der Waals surface area contributed by atoms with Gasteiger partial charge in [0.25, 0.3) is 0 Å². The van der Waals surface area contributed by atoms with Crippen molar-refractivity contribution in [3.05, 3.63) is 197 Å². The maximum Gasteiger partial charge on any atom is 0.337 e. The summed E-state index contributed by atoms with van der Waals surface area (Å²) in [7, 11) is 2.72. The van der Waals surface area contributed by atoms with Crippen molar-refractivity contribution in [2.75, 3.05) is 20.8 Å². The number of hydrogen-bond acceptors (Lipinski definition) is 11. The Bertz CT molecular complexity index is 3790. The van der Waals surface area contributed by atoms with Crippen LogP contribution >= 0.6 is 0 Å². The van der Waals surface area contributed by atoms with E-state index >= 15 is 0 Å². The van der Waals surface area contributed by atoms with Crippen molar-refractivity contribution in [1.29, 1.82) is 0 Å². The van der Waals surface area contributed by atoms with E-state index in [2.05, 4.69) is 43.3 Å². The van der Waals surface area contributed by atoms with Gasteiger partial charge in [0.05, 0.1) is 87.8 Å². The molecule has 76 heavy (non-hydrogen) atoms. The van der Waals surface area contributed by atoms with Crippen molar-refractivity contribution in [2.45, 2.75) is 52.4 Å². The number of fused-ring (bicyclic) bond motifs is 3. The molecule has 0 amide bonds. The number of rotatable bonds is 18. The predicted octanol–water partition coefficient (Wildman–Crippen LogP) is 15.1. The van der Waals surface area contributed by atoms with Gasteiger partial charge in [-0.2, -0.15) is 0 Å². The molecule has 0 unspecified atom stereocenters. The van der Waals surface area contributed by atoms with Crippen molar-refractivity contribution < 1.29 is 23.8 Å². The Morgan fingerprint density at radius 1 is 0.408 bits per heavy atom. The molecule has 10 aromatic rings. The lowest BCUT2D eigenvalue weighted by molar-refractivity contribution is 0.0592. The number of para-hydroxylation sites is 2. The van der Waals surface area contributed by atoms with Crippen molar-refractivity contribution in [3.63, 3.8) is 0 Å². The number of methoxy groups -OCH3 is 2. The smallest absolute Gasteiger partial charge is 0.337 e. The fraction of sp³-hybridized carbons (Fsp3) is 0.169. The molecule has 0 aliphatic rings. The van der Waals surface area contributed by atoms with Crippen molar-refractivity contribution in [3.8, 4) is 50.4 Å². The van der Waals surface area contributed by atoms with Crippen LogP contribution in [0.3, 0.4) is 0 Å². The highest BCUT2D eigenvalue weighted by Gasteiger charge is 2.18. The van der Waals surface area contributed by atoms with E-state index in [0.29, 0.717) is 63.1 Å². The largest absolute Gasteiger partial charge is 0.476 e. The van der Waals surface area contributed by atoms with E-state index < -0.39 is 11.9 Å². The summed E-state index contributed by atoms with van der Waals surface area (Å²) < 4.78 is 16.3. The molecule has 0 aliphatic heterocycles. The summed E-state index contributed by atoms with van der Waals surface area (Å²) in [5.41, 5.74) is 16.0. The summed E-state index contributed by atoms with van der Waals surface area (Å²) in [6.07, 6.45) is 14.6. The number of carbonyl (C=O) groups excluding carboxylic acids is 2. The summed E-state index contributed by atoms with van der Waals surface area (Å²) in [4.78, 5) is 55.8. The molecule has 0 radical (unpaired) electrons. The summed E-state index contributed by atoms with van der Waals surface area (Å²) in [6.45, 7) is 4.70. The fourth-order valence-corrected chi connectivity index (χ4v) is 9.32. The second kappa shape index (κ2) is 23.3. The van der Waals surface area contributed by atoms with Gasteiger partial charge < -0.3 is 14.2 Å². The Morgan fingerprint density at radius 3 is 1.28 bits per heavy atom. The molecule has 7 aromatic carbocycles. The van der Waals surface area contributed by atoms with Crippen LogP contribution in [0.25, 0.3) is 102 Å². The van der Waals surface area contributed by atoms with Gasteiger partial charge in [0, 0.05) is 0 Å². The van der Waals surface area contributed by atoms with Crippen LogP contribution in [0.4, 0.5) is 0 Å². The van der Waals surface area contributed by atoms with Gasteiger partial charge in [0.15, 0.2) is 0 Å². The number of hydrogen-bond donors (Lipinski definition) is 0. The second-order valence-electron chi connectivity index (χ2n) is 18.5. The van der Waals surface area contributed by atoms with Gasteiger partial charge in [-0.05, 0) is 143 Å². The van der Waals surface area contributed by atoms with Crippen molar-refractivity contribution in [1.82, 2.24) is 29.9 Å². The molecule has 3 heterocycles. The van der Waals surface area contributed by atoms with Gasteiger partial charge in [0.2, 0.25) is 5.88 Å². The van der Waals surface area contributed by atoms with Crippen LogP contribution in [0.15, 0.2) is 158 Å². The third kappa shape index (κ3) is 11.3. The topological polar surface area (TPSA) is 139 Å². The first-order chi connectivity index (χ1) is 37.3. The van der Waals surface area contributed by atoms with E-state index in [-0.39, 0.29) is 0 Å². The third-order valence-corrected chi connectivity index (χ3v) is 13.4. The number of ether oxygens (including phenoxy) is 3. The van der Waals surface area contributed by atoms with Crippen molar-refractivity contribution in [2.24, 2.45) is 0 Å². The quantitative estimate of drug-likeness (QED) is 0.0599. The Labute approximate surface area is 442 Å². The SMILES string of the molecule is CCCCCCCCOc1nc2ccccc2nc1/C=C/c1nc2cc(-c3ccccc3)c(-c3ccccc3)cc2nc1/C=C/c1nc2cc(-c3ccc(C(=O)OC)cc3)c(-c3ccc(C(=O)OC)cc3)cc2nc1C. The number of aryl methyl sites for hydroxylation is 1. The highest BCUT2D eigenvalue weighted by atomic mass is 16.5. The monoisotopic (exact) mass is 1000 g/mol.